The number of nitrogens with one attached hydrogen (secondary N) is 1. The number of anilines is 2. The van der Waals surface area contributed by atoms with E-state index in [0.717, 1.165) is 37.6 Å². The van der Waals surface area contributed by atoms with Gasteiger partial charge in [-0.05, 0) is 36.8 Å². The topological polar surface area (TPSA) is 44.8 Å². The zero-order chi connectivity index (χ0) is 18.4. The summed E-state index contributed by atoms with van der Waals surface area (Å²) in [5.74, 6) is 1.00. The molecular weight excluding hydrogens is 326 g/mol. The number of hydrogen-bond acceptors (Lipinski definition) is 4. The van der Waals surface area contributed by atoms with E-state index in [1.165, 1.54) is 11.3 Å². The maximum atomic E-state index is 12.5. The Morgan fingerprint density at radius 2 is 1.85 bits per heavy atom. The van der Waals surface area contributed by atoms with Crippen molar-refractivity contribution in [3.8, 4) is 5.75 Å². The number of methoxy groups -OCH3 is 1. The number of carbonyl (C=O) groups excluding carboxylic acids is 1. The van der Waals surface area contributed by atoms with E-state index in [4.69, 9.17) is 4.74 Å². The molecule has 1 aliphatic rings. The maximum Gasteiger partial charge on any atom is 0.224 e. The van der Waals surface area contributed by atoms with Gasteiger partial charge in [-0.25, -0.2) is 0 Å². The van der Waals surface area contributed by atoms with Crippen molar-refractivity contribution in [2.45, 2.75) is 13.3 Å². The van der Waals surface area contributed by atoms with Crippen molar-refractivity contribution in [3.05, 3.63) is 54.1 Å². The lowest BCUT2D eigenvalue weighted by molar-refractivity contribution is -0.131. The average Bonchev–Trinajstić information content (AvgIpc) is 2.68. The molecular formula is C21H27N3O2. The molecule has 0 spiro atoms. The van der Waals surface area contributed by atoms with Crippen LogP contribution in [0.3, 0.4) is 0 Å². The second-order valence-electron chi connectivity index (χ2n) is 6.58. The van der Waals surface area contributed by atoms with Crippen LogP contribution >= 0.6 is 0 Å². The van der Waals surface area contributed by atoms with Crippen LogP contribution in [-0.4, -0.2) is 50.6 Å². The SMILES string of the molecule is COc1ccccc1NCCC(=O)N1CCN(c2cccc(C)c2)CC1. The van der Waals surface area contributed by atoms with E-state index >= 15 is 0 Å². The largest absolute Gasteiger partial charge is 0.495 e. The molecule has 0 aromatic heterocycles. The highest BCUT2D eigenvalue weighted by molar-refractivity contribution is 5.77. The lowest BCUT2D eigenvalue weighted by atomic mass is 10.2. The number of carbonyl (C=O) groups is 1. The Morgan fingerprint density at radius 3 is 2.58 bits per heavy atom. The molecule has 0 saturated carbocycles. The summed E-state index contributed by atoms with van der Waals surface area (Å²) in [6.45, 7) is 6.04. The van der Waals surface area contributed by atoms with E-state index in [-0.39, 0.29) is 5.91 Å². The first-order valence-electron chi connectivity index (χ1n) is 9.13. The number of ether oxygens (including phenoxy) is 1. The highest BCUT2D eigenvalue weighted by atomic mass is 16.5. The van der Waals surface area contributed by atoms with Gasteiger partial charge in [-0.2, -0.15) is 0 Å². The summed E-state index contributed by atoms with van der Waals surface area (Å²) in [5.41, 5.74) is 3.44. The molecule has 3 rings (SSSR count). The number of nitrogens with zero attached hydrogens (tertiary/aromatic N) is 2. The van der Waals surface area contributed by atoms with Crippen LogP contribution in [0.4, 0.5) is 11.4 Å². The van der Waals surface area contributed by atoms with Crippen LogP contribution in [0.2, 0.25) is 0 Å². The summed E-state index contributed by atoms with van der Waals surface area (Å²) < 4.78 is 5.32. The number of amides is 1. The Labute approximate surface area is 155 Å². The molecule has 1 fully saturated rings. The standard InChI is InChI=1S/C21H27N3O2/c1-17-6-5-7-18(16-17)23-12-14-24(15-13-23)21(25)10-11-22-19-8-3-4-9-20(19)26-2/h3-9,16,22H,10-15H2,1-2H3. The van der Waals surface area contributed by atoms with Gasteiger partial charge in [0.15, 0.2) is 0 Å². The summed E-state index contributed by atoms with van der Waals surface area (Å²) in [6.07, 6.45) is 0.489. The zero-order valence-electron chi connectivity index (χ0n) is 15.6. The number of rotatable bonds is 6. The predicted molar refractivity (Wildman–Crippen MR) is 106 cm³/mol. The van der Waals surface area contributed by atoms with Gasteiger partial charge in [0.2, 0.25) is 5.91 Å². The van der Waals surface area contributed by atoms with Crippen LogP contribution in [0, 0.1) is 6.92 Å². The Bertz CT molecular complexity index is 740. The fourth-order valence-electron chi connectivity index (χ4n) is 3.29. The van der Waals surface area contributed by atoms with Crippen LogP contribution in [0.1, 0.15) is 12.0 Å². The smallest absolute Gasteiger partial charge is 0.224 e. The van der Waals surface area contributed by atoms with Gasteiger partial charge in [0.25, 0.3) is 0 Å². The van der Waals surface area contributed by atoms with Gasteiger partial charge in [0.05, 0.1) is 12.8 Å². The molecule has 0 radical (unpaired) electrons. The van der Waals surface area contributed by atoms with Crippen molar-refractivity contribution in [3.63, 3.8) is 0 Å². The van der Waals surface area contributed by atoms with Crippen molar-refractivity contribution in [2.75, 3.05) is 50.1 Å². The van der Waals surface area contributed by atoms with Crippen molar-refractivity contribution < 1.29 is 9.53 Å². The lowest BCUT2D eigenvalue weighted by Gasteiger charge is -2.36. The molecule has 1 N–H and O–H groups in total. The molecule has 2 aromatic rings. The highest BCUT2D eigenvalue weighted by Gasteiger charge is 2.21. The van der Waals surface area contributed by atoms with E-state index in [1.54, 1.807) is 7.11 Å². The molecule has 2 aromatic carbocycles. The van der Waals surface area contributed by atoms with Gasteiger partial charge in [0.1, 0.15) is 5.75 Å². The molecule has 138 valence electrons. The average molecular weight is 353 g/mol. The van der Waals surface area contributed by atoms with Gasteiger partial charge in [-0.1, -0.05) is 24.3 Å². The summed E-state index contributed by atoms with van der Waals surface area (Å²) in [4.78, 5) is 16.8. The Morgan fingerprint density at radius 1 is 1.08 bits per heavy atom. The van der Waals surface area contributed by atoms with Crippen molar-refractivity contribution in [2.24, 2.45) is 0 Å². The lowest BCUT2D eigenvalue weighted by Crippen LogP contribution is -2.49. The third kappa shape index (κ3) is 4.48. The molecule has 1 amide bonds. The first kappa shape index (κ1) is 18.1. The van der Waals surface area contributed by atoms with Crippen molar-refractivity contribution >= 4 is 17.3 Å². The third-order valence-electron chi connectivity index (χ3n) is 4.76. The molecule has 5 heteroatoms. The number of aryl methyl sites for hydroxylation is 1. The van der Waals surface area contributed by atoms with Gasteiger partial charge in [-0.15, -0.1) is 0 Å². The van der Waals surface area contributed by atoms with Gasteiger partial charge in [0, 0.05) is 44.8 Å². The Hall–Kier alpha value is -2.69. The summed E-state index contributed by atoms with van der Waals surface area (Å²) in [6, 6.07) is 16.3. The minimum absolute atomic E-state index is 0.205. The Kier molecular flexibility index (Phi) is 6.00. The van der Waals surface area contributed by atoms with E-state index in [0.29, 0.717) is 13.0 Å². The van der Waals surface area contributed by atoms with Gasteiger partial charge in [-0.3, -0.25) is 4.79 Å². The molecule has 0 bridgehead atoms. The van der Waals surface area contributed by atoms with E-state index in [2.05, 4.69) is 41.4 Å². The van der Waals surface area contributed by atoms with Crippen molar-refractivity contribution in [1.82, 2.24) is 4.90 Å². The molecule has 0 aliphatic carbocycles. The first-order chi connectivity index (χ1) is 12.7. The molecule has 1 saturated heterocycles. The highest BCUT2D eigenvalue weighted by Crippen LogP contribution is 2.23. The minimum Gasteiger partial charge on any atom is -0.495 e. The third-order valence-corrected chi connectivity index (χ3v) is 4.76. The quantitative estimate of drug-likeness (QED) is 0.866. The van der Waals surface area contributed by atoms with Crippen LogP contribution < -0.4 is 15.0 Å². The van der Waals surface area contributed by atoms with Gasteiger partial charge < -0.3 is 19.9 Å². The van der Waals surface area contributed by atoms with Gasteiger partial charge >= 0.3 is 0 Å². The molecule has 1 heterocycles. The van der Waals surface area contributed by atoms with Crippen LogP contribution in [0.5, 0.6) is 5.75 Å². The number of benzene rings is 2. The number of hydrogen-bond donors (Lipinski definition) is 1. The fourth-order valence-corrected chi connectivity index (χ4v) is 3.29. The predicted octanol–water partition coefficient (Wildman–Crippen LogP) is 3.15. The molecule has 0 unspecified atom stereocenters. The molecule has 1 aliphatic heterocycles. The van der Waals surface area contributed by atoms with E-state index in [9.17, 15) is 4.79 Å². The van der Waals surface area contributed by atoms with Crippen molar-refractivity contribution in [1.29, 1.82) is 0 Å². The maximum absolute atomic E-state index is 12.5. The fraction of sp³-hybridized carbons (Fsp3) is 0.381. The summed E-state index contributed by atoms with van der Waals surface area (Å²) in [5, 5.41) is 3.29. The zero-order valence-corrected chi connectivity index (χ0v) is 15.6. The summed E-state index contributed by atoms with van der Waals surface area (Å²) in [7, 11) is 1.65. The second-order valence-corrected chi connectivity index (χ2v) is 6.58. The Balaban J connectivity index is 1.45. The molecule has 5 nitrogen and oxygen atoms in total. The van der Waals surface area contributed by atoms with Crippen LogP contribution in [-0.2, 0) is 4.79 Å². The normalized spacial score (nSPS) is 14.2. The van der Waals surface area contributed by atoms with Crippen LogP contribution in [0.25, 0.3) is 0 Å². The first-order valence-corrected chi connectivity index (χ1v) is 9.13. The number of piperazine rings is 1. The summed E-state index contributed by atoms with van der Waals surface area (Å²) >= 11 is 0. The van der Waals surface area contributed by atoms with E-state index < -0.39 is 0 Å². The molecule has 26 heavy (non-hydrogen) atoms. The van der Waals surface area contributed by atoms with Crippen LogP contribution in [0.15, 0.2) is 48.5 Å². The molecule has 0 atom stereocenters. The monoisotopic (exact) mass is 353 g/mol. The number of para-hydroxylation sites is 2. The minimum atomic E-state index is 0.205. The van der Waals surface area contributed by atoms with E-state index in [1.807, 2.05) is 29.2 Å². The second kappa shape index (κ2) is 8.61.